The highest BCUT2D eigenvalue weighted by Crippen LogP contribution is 2.31. The fraction of sp³-hybridized carbons (Fsp3) is 0.538. The van der Waals surface area contributed by atoms with E-state index in [2.05, 4.69) is 23.5 Å². The summed E-state index contributed by atoms with van der Waals surface area (Å²) in [5.74, 6) is 0. The minimum atomic E-state index is -3.50. The molecule has 2 atom stereocenters. The molecule has 0 amide bonds. The van der Waals surface area contributed by atoms with Crippen molar-refractivity contribution in [1.29, 1.82) is 0 Å². The van der Waals surface area contributed by atoms with Crippen LogP contribution in [0.3, 0.4) is 0 Å². The third kappa shape index (κ3) is 3.21. The van der Waals surface area contributed by atoms with E-state index in [4.69, 9.17) is 5.73 Å². The van der Waals surface area contributed by atoms with Gasteiger partial charge in [0, 0.05) is 29.3 Å². The number of nitrogen functional groups attached to an aromatic ring is 1. The Labute approximate surface area is 125 Å². The van der Waals surface area contributed by atoms with Gasteiger partial charge in [0.15, 0.2) is 0 Å². The molecule has 2 rings (SSSR count). The van der Waals surface area contributed by atoms with Crippen molar-refractivity contribution in [1.82, 2.24) is 4.72 Å². The highest BCUT2D eigenvalue weighted by Gasteiger charge is 2.23. The Morgan fingerprint density at radius 2 is 1.90 bits per heavy atom. The van der Waals surface area contributed by atoms with Crippen LogP contribution in [0.25, 0.3) is 0 Å². The molecule has 2 unspecified atom stereocenters. The molecule has 0 spiro atoms. The Hall–Kier alpha value is -0.920. The number of thioether (sulfide) groups is 1. The summed E-state index contributed by atoms with van der Waals surface area (Å²) >= 11 is 1.98. The Morgan fingerprint density at radius 1 is 1.30 bits per heavy atom. The van der Waals surface area contributed by atoms with Crippen molar-refractivity contribution in [3.63, 3.8) is 0 Å². The zero-order valence-corrected chi connectivity index (χ0v) is 13.6. The molecule has 1 aromatic carbocycles. The molecule has 3 N–H and O–H groups in total. The van der Waals surface area contributed by atoms with Gasteiger partial charge in [-0.05, 0) is 25.2 Å². The van der Waals surface area contributed by atoms with Crippen LogP contribution in [0.2, 0.25) is 0 Å². The maximum absolute atomic E-state index is 11.8. The molecule has 1 aromatic rings. The molecule has 1 aliphatic rings. The van der Waals surface area contributed by atoms with Gasteiger partial charge in [-0.25, -0.2) is 13.1 Å². The molecular formula is C13H21N3O2S2. The van der Waals surface area contributed by atoms with Crippen molar-refractivity contribution >= 4 is 33.2 Å². The molecule has 0 aromatic heterocycles. The van der Waals surface area contributed by atoms with Crippen LogP contribution in [0.1, 0.15) is 13.8 Å². The van der Waals surface area contributed by atoms with E-state index in [9.17, 15) is 8.42 Å². The number of hydrogen-bond donors (Lipinski definition) is 2. The summed E-state index contributed by atoms with van der Waals surface area (Å²) in [6.45, 7) is 6.31. The highest BCUT2D eigenvalue weighted by molar-refractivity contribution is 8.00. The zero-order chi connectivity index (χ0) is 14.9. The highest BCUT2D eigenvalue weighted by atomic mass is 32.2. The van der Waals surface area contributed by atoms with Crippen LogP contribution in [0.5, 0.6) is 0 Å². The van der Waals surface area contributed by atoms with E-state index in [1.54, 1.807) is 12.1 Å². The molecule has 112 valence electrons. The fourth-order valence-electron chi connectivity index (χ4n) is 2.48. The lowest BCUT2D eigenvalue weighted by Crippen LogP contribution is -2.40. The van der Waals surface area contributed by atoms with Gasteiger partial charge in [-0.1, -0.05) is 13.8 Å². The Balaban J connectivity index is 2.30. The maximum Gasteiger partial charge on any atom is 0.242 e. The largest absolute Gasteiger partial charge is 0.398 e. The van der Waals surface area contributed by atoms with E-state index >= 15 is 0 Å². The molecular weight excluding hydrogens is 294 g/mol. The third-order valence-corrected chi connectivity index (χ3v) is 6.05. The van der Waals surface area contributed by atoms with Crippen LogP contribution in [0.15, 0.2) is 23.1 Å². The number of rotatable bonds is 3. The first-order chi connectivity index (χ1) is 9.33. The van der Waals surface area contributed by atoms with Crippen molar-refractivity contribution in [3.8, 4) is 0 Å². The zero-order valence-electron chi connectivity index (χ0n) is 12.0. The lowest BCUT2D eigenvalue weighted by Gasteiger charge is -2.36. The van der Waals surface area contributed by atoms with Crippen LogP contribution in [0.4, 0.5) is 11.4 Å². The molecule has 0 radical (unpaired) electrons. The Bertz CT molecular complexity index is 579. The molecule has 1 aliphatic heterocycles. The lowest BCUT2D eigenvalue weighted by atomic mass is 10.2. The van der Waals surface area contributed by atoms with E-state index in [0.29, 0.717) is 10.5 Å². The predicted octanol–water partition coefficient (Wildman–Crippen LogP) is 1.51. The third-order valence-electron chi connectivity index (χ3n) is 3.34. The van der Waals surface area contributed by atoms with E-state index in [1.807, 2.05) is 17.8 Å². The molecule has 0 bridgehead atoms. The van der Waals surface area contributed by atoms with Gasteiger partial charge >= 0.3 is 0 Å². The van der Waals surface area contributed by atoms with Crippen LogP contribution >= 0.6 is 11.8 Å². The number of sulfonamides is 1. The second kappa shape index (κ2) is 5.83. The molecule has 20 heavy (non-hydrogen) atoms. The van der Waals surface area contributed by atoms with E-state index in [1.165, 1.54) is 7.05 Å². The van der Waals surface area contributed by atoms with Gasteiger partial charge in [-0.2, -0.15) is 11.8 Å². The van der Waals surface area contributed by atoms with Crippen LogP contribution in [-0.4, -0.2) is 39.1 Å². The molecule has 1 saturated heterocycles. The van der Waals surface area contributed by atoms with E-state index in [0.717, 1.165) is 18.8 Å². The summed E-state index contributed by atoms with van der Waals surface area (Å²) in [6, 6.07) is 5.16. The second-order valence-electron chi connectivity index (χ2n) is 5.09. The average molecular weight is 315 g/mol. The first-order valence-electron chi connectivity index (χ1n) is 6.57. The first kappa shape index (κ1) is 15.5. The molecule has 0 aliphatic carbocycles. The van der Waals surface area contributed by atoms with Crippen molar-refractivity contribution in [2.45, 2.75) is 29.2 Å². The van der Waals surface area contributed by atoms with Gasteiger partial charge in [-0.15, -0.1) is 0 Å². The van der Waals surface area contributed by atoms with Gasteiger partial charge in [0.2, 0.25) is 10.0 Å². The van der Waals surface area contributed by atoms with Gasteiger partial charge < -0.3 is 10.6 Å². The standard InChI is InChI=1S/C13H21N3O2S2/c1-9-7-16(8-10(2)19-9)11-4-5-13(12(14)6-11)20(17,18)15-3/h4-6,9-10,15H,7-8,14H2,1-3H3. The second-order valence-corrected chi connectivity index (χ2v) is 8.83. The van der Waals surface area contributed by atoms with Gasteiger partial charge in [-0.3, -0.25) is 0 Å². The summed E-state index contributed by atoms with van der Waals surface area (Å²) in [6.07, 6.45) is 0. The first-order valence-corrected chi connectivity index (χ1v) is 8.99. The number of nitrogens with two attached hydrogens (primary N) is 1. The summed E-state index contributed by atoms with van der Waals surface area (Å²) in [4.78, 5) is 2.40. The van der Waals surface area contributed by atoms with Gasteiger partial charge in [0.05, 0.1) is 5.69 Å². The van der Waals surface area contributed by atoms with Crippen LogP contribution < -0.4 is 15.4 Å². The quantitative estimate of drug-likeness (QED) is 0.827. The monoisotopic (exact) mass is 315 g/mol. The SMILES string of the molecule is CNS(=O)(=O)c1ccc(N2CC(C)SC(C)C2)cc1N. The number of nitrogens with zero attached hydrogens (tertiary/aromatic N) is 1. The molecule has 1 heterocycles. The number of hydrogen-bond acceptors (Lipinski definition) is 5. The van der Waals surface area contributed by atoms with E-state index in [-0.39, 0.29) is 10.6 Å². The Kier molecular flexibility index (Phi) is 4.51. The topological polar surface area (TPSA) is 75.4 Å². The molecule has 1 fully saturated rings. The summed E-state index contributed by atoms with van der Waals surface area (Å²) in [7, 11) is -2.11. The predicted molar refractivity (Wildman–Crippen MR) is 85.8 cm³/mol. The van der Waals surface area contributed by atoms with Crippen molar-refractivity contribution in [3.05, 3.63) is 18.2 Å². The minimum absolute atomic E-state index is 0.135. The minimum Gasteiger partial charge on any atom is -0.398 e. The normalized spacial score (nSPS) is 23.9. The average Bonchev–Trinajstić information content (AvgIpc) is 2.37. The fourth-order valence-corrected chi connectivity index (χ4v) is 4.64. The van der Waals surface area contributed by atoms with Crippen LogP contribution in [0, 0.1) is 0 Å². The maximum atomic E-state index is 11.8. The van der Waals surface area contributed by atoms with Gasteiger partial charge in [0.25, 0.3) is 0 Å². The smallest absolute Gasteiger partial charge is 0.242 e. The summed E-state index contributed by atoms with van der Waals surface area (Å²) in [5, 5.41) is 1.11. The number of nitrogens with one attached hydrogen (secondary N) is 1. The summed E-state index contributed by atoms with van der Waals surface area (Å²) < 4.78 is 25.9. The molecule has 7 heteroatoms. The van der Waals surface area contributed by atoms with Crippen molar-refractivity contribution < 1.29 is 8.42 Å². The molecule has 5 nitrogen and oxygen atoms in total. The molecule has 0 saturated carbocycles. The van der Waals surface area contributed by atoms with Crippen molar-refractivity contribution in [2.24, 2.45) is 0 Å². The Morgan fingerprint density at radius 3 is 2.40 bits per heavy atom. The van der Waals surface area contributed by atoms with Gasteiger partial charge in [0.1, 0.15) is 4.90 Å². The number of benzene rings is 1. The van der Waals surface area contributed by atoms with Crippen molar-refractivity contribution in [2.75, 3.05) is 30.8 Å². The van der Waals surface area contributed by atoms with Crippen LogP contribution in [-0.2, 0) is 10.0 Å². The van der Waals surface area contributed by atoms with E-state index < -0.39 is 10.0 Å². The summed E-state index contributed by atoms with van der Waals surface area (Å²) in [5.41, 5.74) is 7.18. The lowest BCUT2D eigenvalue weighted by molar-refractivity contribution is 0.588. The number of anilines is 2.